The van der Waals surface area contributed by atoms with Gasteiger partial charge in [-0.3, -0.25) is 14.5 Å². The van der Waals surface area contributed by atoms with Gasteiger partial charge in [0.1, 0.15) is 11.5 Å². The number of rotatable bonds is 9. The van der Waals surface area contributed by atoms with Crippen LogP contribution in [0.2, 0.25) is 0 Å². The first kappa shape index (κ1) is 23.6. The SMILES string of the molecule is COc1ccc(N2CCN([C@@H](CNC(=O)C(=O)NCCN(C)C)c3ccco3)CC2)cc1. The lowest BCUT2D eigenvalue weighted by atomic mass is 10.1. The number of ether oxygens (including phenoxy) is 1. The summed E-state index contributed by atoms with van der Waals surface area (Å²) in [5.74, 6) is 0.370. The molecule has 1 aliphatic rings. The Morgan fingerprint density at radius 1 is 1.06 bits per heavy atom. The molecule has 0 saturated carbocycles. The van der Waals surface area contributed by atoms with E-state index >= 15 is 0 Å². The minimum absolute atomic E-state index is 0.137. The van der Waals surface area contributed by atoms with Crippen LogP contribution < -0.4 is 20.3 Å². The van der Waals surface area contributed by atoms with E-state index in [4.69, 9.17) is 9.15 Å². The van der Waals surface area contributed by atoms with Crippen LogP contribution in [-0.2, 0) is 9.59 Å². The van der Waals surface area contributed by atoms with Crippen LogP contribution >= 0.6 is 0 Å². The number of hydrogen-bond acceptors (Lipinski definition) is 7. The normalized spacial score (nSPS) is 15.4. The smallest absolute Gasteiger partial charge is 0.309 e. The maximum atomic E-state index is 12.3. The summed E-state index contributed by atoms with van der Waals surface area (Å²) < 4.78 is 10.9. The molecule has 1 fully saturated rings. The second kappa shape index (κ2) is 11.5. The van der Waals surface area contributed by atoms with Crippen LogP contribution in [0.15, 0.2) is 47.1 Å². The van der Waals surface area contributed by atoms with Crippen LogP contribution in [0.3, 0.4) is 0 Å². The zero-order valence-electron chi connectivity index (χ0n) is 19.0. The number of amides is 2. The first-order valence-corrected chi connectivity index (χ1v) is 10.8. The Morgan fingerprint density at radius 3 is 2.34 bits per heavy atom. The molecule has 174 valence electrons. The van der Waals surface area contributed by atoms with Crippen molar-refractivity contribution in [2.45, 2.75) is 6.04 Å². The second-order valence-corrected chi connectivity index (χ2v) is 8.02. The van der Waals surface area contributed by atoms with Crippen LogP contribution in [-0.4, -0.2) is 88.6 Å². The highest BCUT2D eigenvalue weighted by Gasteiger charge is 2.28. The maximum absolute atomic E-state index is 12.3. The number of nitrogens with one attached hydrogen (secondary N) is 2. The van der Waals surface area contributed by atoms with E-state index < -0.39 is 11.8 Å². The lowest BCUT2D eigenvalue weighted by Crippen LogP contribution is -2.51. The minimum atomic E-state index is -0.628. The number of anilines is 1. The topological polar surface area (TPSA) is 90.3 Å². The summed E-state index contributed by atoms with van der Waals surface area (Å²) in [6.07, 6.45) is 1.63. The summed E-state index contributed by atoms with van der Waals surface area (Å²) in [5.41, 5.74) is 1.16. The molecular weight excluding hydrogens is 410 g/mol. The van der Waals surface area contributed by atoms with Gasteiger partial charge in [-0.05, 0) is 50.5 Å². The molecule has 2 aromatic rings. The molecule has 9 heteroatoms. The molecule has 2 amide bonds. The highest BCUT2D eigenvalue weighted by molar-refractivity contribution is 6.35. The van der Waals surface area contributed by atoms with Crippen molar-refractivity contribution >= 4 is 17.5 Å². The maximum Gasteiger partial charge on any atom is 0.309 e. The van der Waals surface area contributed by atoms with Gasteiger partial charge in [-0.2, -0.15) is 0 Å². The van der Waals surface area contributed by atoms with Crippen LogP contribution in [0.25, 0.3) is 0 Å². The number of benzene rings is 1. The van der Waals surface area contributed by atoms with E-state index in [1.807, 2.05) is 43.3 Å². The number of carbonyl (C=O) groups excluding carboxylic acids is 2. The Bertz CT molecular complexity index is 846. The van der Waals surface area contributed by atoms with Crippen molar-refractivity contribution in [3.05, 3.63) is 48.4 Å². The molecule has 0 unspecified atom stereocenters. The van der Waals surface area contributed by atoms with Crippen molar-refractivity contribution in [2.24, 2.45) is 0 Å². The lowest BCUT2D eigenvalue weighted by molar-refractivity contribution is -0.139. The third kappa shape index (κ3) is 6.48. The van der Waals surface area contributed by atoms with E-state index in [0.29, 0.717) is 19.6 Å². The molecule has 0 aliphatic carbocycles. The summed E-state index contributed by atoms with van der Waals surface area (Å²) in [6, 6.07) is 11.7. The lowest BCUT2D eigenvalue weighted by Gasteiger charge is -2.39. The highest BCUT2D eigenvalue weighted by atomic mass is 16.5. The quantitative estimate of drug-likeness (QED) is 0.558. The molecule has 9 nitrogen and oxygen atoms in total. The minimum Gasteiger partial charge on any atom is -0.497 e. The van der Waals surface area contributed by atoms with E-state index in [9.17, 15) is 9.59 Å². The van der Waals surface area contributed by atoms with Gasteiger partial charge in [0.2, 0.25) is 0 Å². The Labute approximate surface area is 189 Å². The first-order valence-electron chi connectivity index (χ1n) is 10.8. The zero-order chi connectivity index (χ0) is 22.9. The molecular formula is C23H33N5O4. The molecule has 2 heterocycles. The number of methoxy groups -OCH3 is 1. The summed E-state index contributed by atoms with van der Waals surface area (Å²) in [4.78, 5) is 30.9. The molecule has 1 atom stereocenters. The van der Waals surface area contributed by atoms with Crippen molar-refractivity contribution < 1.29 is 18.7 Å². The van der Waals surface area contributed by atoms with E-state index in [0.717, 1.165) is 43.4 Å². The molecule has 2 N–H and O–H groups in total. The Kier molecular flexibility index (Phi) is 8.52. The van der Waals surface area contributed by atoms with Gasteiger partial charge >= 0.3 is 11.8 Å². The van der Waals surface area contributed by atoms with Crippen LogP contribution in [0.5, 0.6) is 5.75 Å². The van der Waals surface area contributed by atoms with Crippen molar-refractivity contribution in [1.82, 2.24) is 20.4 Å². The van der Waals surface area contributed by atoms with Crippen molar-refractivity contribution in [3.63, 3.8) is 0 Å². The number of piperazine rings is 1. The van der Waals surface area contributed by atoms with E-state index in [-0.39, 0.29) is 6.04 Å². The van der Waals surface area contributed by atoms with Gasteiger partial charge in [-0.1, -0.05) is 0 Å². The molecule has 0 spiro atoms. The van der Waals surface area contributed by atoms with E-state index in [1.54, 1.807) is 13.4 Å². The van der Waals surface area contributed by atoms with Crippen molar-refractivity contribution in [1.29, 1.82) is 0 Å². The molecule has 1 aromatic carbocycles. The second-order valence-electron chi connectivity index (χ2n) is 8.02. The average molecular weight is 444 g/mol. The van der Waals surface area contributed by atoms with Gasteiger partial charge in [-0.25, -0.2) is 0 Å². The van der Waals surface area contributed by atoms with Crippen LogP contribution in [0.4, 0.5) is 5.69 Å². The molecule has 0 radical (unpaired) electrons. The number of nitrogens with zero attached hydrogens (tertiary/aromatic N) is 3. The molecule has 32 heavy (non-hydrogen) atoms. The molecule has 0 bridgehead atoms. The van der Waals surface area contributed by atoms with Crippen LogP contribution in [0.1, 0.15) is 11.8 Å². The fourth-order valence-electron chi connectivity index (χ4n) is 3.72. The van der Waals surface area contributed by atoms with Crippen molar-refractivity contribution in [2.75, 3.05) is 71.9 Å². The summed E-state index contributed by atoms with van der Waals surface area (Å²) in [6.45, 7) is 4.71. The first-order chi connectivity index (χ1) is 15.5. The summed E-state index contributed by atoms with van der Waals surface area (Å²) in [5, 5.41) is 5.41. The fourth-order valence-corrected chi connectivity index (χ4v) is 3.72. The predicted molar refractivity (Wildman–Crippen MR) is 123 cm³/mol. The predicted octanol–water partition coefficient (Wildman–Crippen LogP) is 0.946. The van der Waals surface area contributed by atoms with Gasteiger partial charge in [0.05, 0.1) is 19.4 Å². The van der Waals surface area contributed by atoms with Gasteiger partial charge in [-0.15, -0.1) is 0 Å². The number of carbonyl (C=O) groups is 2. The Hall–Kier alpha value is -3.04. The molecule has 1 aliphatic heterocycles. The van der Waals surface area contributed by atoms with Crippen LogP contribution in [0, 0.1) is 0 Å². The molecule has 1 aromatic heterocycles. The largest absolute Gasteiger partial charge is 0.497 e. The summed E-state index contributed by atoms with van der Waals surface area (Å²) in [7, 11) is 5.48. The fraction of sp³-hybridized carbons (Fsp3) is 0.478. The third-order valence-corrected chi connectivity index (χ3v) is 5.57. The average Bonchev–Trinajstić information content (AvgIpc) is 3.34. The Morgan fingerprint density at radius 2 is 1.75 bits per heavy atom. The van der Waals surface area contributed by atoms with Gasteiger partial charge in [0.15, 0.2) is 0 Å². The highest BCUT2D eigenvalue weighted by Crippen LogP contribution is 2.25. The number of hydrogen-bond donors (Lipinski definition) is 2. The molecule has 3 rings (SSSR count). The van der Waals surface area contributed by atoms with E-state index in [2.05, 4.69) is 32.6 Å². The van der Waals surface area contributed by atoms with Gasteiger partial charge in [0, 0.05) is 51.5 Å². The number of furan rings is 1. The zero-order valence-corrected chi connectivity index (χ0v) is 19.0. The van der Waals surface area contributed by atoms with Gasteiger partial charge < -0.3 is 29.6 Å². The Balaban J connectivity index is 1.55. The summed E-state index contributed by atoms with van der Waals surface area (Å²) >= 11 is 0. The van der Waals surface area contributed by atoms with E-state index in [1.165, 1.54) is 0 Å². The van der Waals surface area contributed by atoms with Gasteiger partial charge in [0.25, 0.3) is 0 Å². The number of likely N-dealkylation sites (N-methyl/N-ethyl adjacent to an activating group) is 1. The third-order valence-electron chi connectivity index (χ3n) is 5.57. The standard InChI is InChI=1S/C23H33N5O4/c1-26(2)11-10-24-22(29)23(30)25-17-20(21-5-4-16-32-21)28-14-12-27(13-15-28)18-6-8-19(31-3)9-7-18/h4-9,16,20H,10-15,17H2,1-3H3,(H,24,29)(H,25,30)/t20-/m0/s1. The monoisotopic (exact) mass is 443 g/mol. The molecule has 1 saturated heterocycles. The van der Waals surface area contributed by atoms with Crippen molar-refractivity contribution in [3.8, 4) is 5.75 Å².